The van der Waals surface area contributed by atoms with Gasteiger partial charge in [0.25, 0.3) is 5.91 Å². The van der Waals surface area contributed by atoms with Crippen LogP contribution in [0.15, 0.2) is 6.20 Å². The van der Waals surface area contributed by atoms with Crippen molar-refractivity contribution in [3.8, 4) is 0 Å². The Kier molecular flexibility index (Phi) is 5.10. The van der Waals surface area contributed by atoms with E-state index < -0.39 is 0 Å². The third kappa shape index (κ3) is 3.41. The number of fused-ring (bicyclic) bond motifs is 1. The SMILES string of the molecule is CCc1nn(C)c(C(=O)N2CCC[C@@H]2c2ncc3c(n2)CCN(C(C)=O)C3)c1C. The number of likely N-dealkylation sites (tertiary alicyclic amines) is 1. The zero-order valence-electron chi connectivity index (χ0n) is 17.6. The van der Waals surface area contributed by atoms with Crippen LogP contribution < -0.4 is 0 Å². The van der Waals surface area contributed by atoms with Crippen molar-refractivity contribution in [2.45, 2.75) is 59.0 Å². The average molecular weight is 396 g/mol. The Hall–Kier alpha value is -2.77. The van der Waals surface area contributed by atoms with Crippen molar-refractivity contribution in [3.05, 3.63) is 40.2 Å². The maximum Gasteiger partial charge on any atom is 0.273 e. The highest BCUT2D eigenvalue weighted by Gasteiger charge is 2.35. The van der Waals surface area contributed by atoms with Crippen LogP contribution in [-0.2, 0) is 31.2 Å². The number of carbonyl (C=O) groups is 2. The molecule has 0 unspecified atom stereocenters. The predicted molar refractivity (Wildman–Crippen MR) is 107 cm³/mol. The fourth-order valence-corrected chi connectivity index (χ4v) is 4.50. The first-order valence-corrected chi connectivity index (χ1v) is 10.3. The van der Waals surface area contributed by atoms with Crippen LogP contribution in [0.25, 0.3) is 0 Å². The molecule has 0 bridgehead atoms. The van der Waals surface area contributed by atoms with Gasteiger partial charge in [-0.2, -0.15) is 5.10 Å². The van der Waals surface area contributed by atoms with E-state index in [4.69, 9.17) is 4.98 Å². The van der Waals surface area contributed by atoms with Crippen LogP contribution in [0.3, 0.4) is 0 Å². The first-order valence-electron chi connectivity index (χ1n) is 10.3. The largest absolute Gasteiger partial charge is 0.338 e. The zero-order chi connectivity index (χ0) is 20.7. The Morgan fingerprint density at radius 3 is 2.76 bits per heavy atom. The van der Waals surface area contributed by atoms with Gasteiger partial charge in [0.2, 0.25) is 5.91 Å². The molecule has 1 saturated heterocycles. The molecule has 1 fully saturated rings. The van der Waals surface area contributed by atoms with Crippen molar-refractivity contribution in [1.82, 2.24) is 29.5 Å². The number of aryl methyl sites for hydroxylation is 2. The van der Waals surface area contributed by atoms with Crippen molar-refractivity contribution in [2.75, 3.05) is 13.1 Å². The molecule has 0 N–H and O–H groups in total. The van der Waals surface area contributed by atoms with E-state index in [2.05, 4.69) is 17.0 Å². The zero-order valence-corrected chi connectivity index (χ0v) is 17.6. The summed E-state index contributed by atoms with van der Waals surface area (Å²) in [5, 5.41) is 4.50. The molecule has 2 aromatic heterocycles. The minimum Gasteiger partial charge on any atom is -0.338 e. The first-order chi connectivity index (χ1) is 13.9. The van der Waals surface area contributed by atoms with Crippen LogP contribution in [0.2, 0.25) is 0 Å². The van der Waals surface area contributed by atoms with E-state index in [1.807, 2.05) is 30.0 Å². The van der Waals surface area contributed by atoms with E-state index in [0.717, 1.165) is 48.2 Å². The highest BCUT2D eigenvalue weighted by atomic mass is 16.2. The summed E-state index contributed by atoms with van der Waals surface area (Å²) in [7, 11) is 1.83. The average Bonchev–Trinajstić information content (AvgIpc) is 3.31. The van der Waals surface area contributed by atoms with Crippen molar-refractivity contribution in [2.24, 2.45) is 7.05 Å². The molecule has 154 valence electrons. The Balaban J connectivity index is 1.60. The topological polar surface area (TPSA) is 84.2 Å². The molecule has 4 rings (SSSR count). The Morgan fingerprint density at radius 1 is 1.28 bits per heavy atom. The Bertz CT molecular complexity index is 966. The van der Waals surface area contributed by atoms with Crippen LogP contribution in [0.4, 0.5) is 0 Å². The number of amides is 2. The Morgan fingerprint density at radius 2 is 2.07 bits per heavy atom. The molecule has 2 aliphatic heterocycles. The van der Waals surface area contributed by atoms with E-state index in [1.165, 1.54) is 0 Å². The molecule has 1 atom stereocenters. The van der Waals surface area contributed by atoms with Gasteiger partial charge in [-0.3, -0.25) is 14.3 Å². The number of carbonyl (C=O) groups excluding carboxylic acids is 2. The molecule has 0 saturated carbocycles. The van der Waals surface area contributed by atoms with Gasteiger partial charge >= 0.3 is 0 Å². The van der Waals surface area contributed by atoms with E-state index in [9.17, 15) is 9.59 Å². The predicted octanol–water partition coefficient (Wildman–Crippen LogP) is 1.96. The molecular formula is C21H28N6O2. The van der Waals surface area contributed by atoms with Crippen molar-refractivity contribution >= 4 is 11.8 Å². The van der Waals surface area contributed by atoms with E-state index in [1.54, 1.807) is 11.6 Å². The molecule has 8 heteroatoms. The molecular weight excluding hydrogens is 368 g/mol. The van der Waals surface area contributed by atoms with Gasteiger partial charge in [0.1, 0.15) is 5.69 Å². The minimum atomic E-state index is -0.113. The van der Waals surface area contributed by atoms with Gasteiger partial charge in [-0.1, -0.05) is 6.92 Å². The highest BCUT2D eigenvalue weighted by Crippen LogP contribution is 2.33. The van der Waals surface area contributed by atoms with Crippen molar-refractivity contribution < 1.29 is 9.59 Å². The van der Waals surface area contributed by atoms with Gasteiger partial charge in [0, 0.05) is 57.4 Å². The number of hydrogen-bond donors (Lipinski definition) is 0. The van der Waals surface area contributed by atoms with E-state index >= 15 is 0 Å². The standard InChI is InChI=1S/C21H28N6O2/c1-5-16-13(2)19(25(4)24-16)21(29)27-9-6-7-18(27)20-22-11-15-12-26(14(3)28)10-8-17(15)23-20/h11,18H,5-10,12H2,1-4H3/t18-/m1/s1. The van der Waals surface area contributed by atoms with Crippen LogP contribution >= 0.6 is 0 Å². The number of rotatable bonds is 3. The van der Waals surface area contributed by atoms with Crippen LogP contribution in [0, 0.1) is 6.92 Å². The van der Waals surface area contributed by atoms with Crippen LogP contribution in [-0.4, -0.2) is 54.5 Å². The smallest absolute Gasteiger partial charge is 0.273 e. The summed E-state index contributed by atoms with van der Waals surface area (Å²) in [6, 6.07) is -0.113. The first kappa shape index (κ1) is 19.5. The minimum absolute atomic E-state index is 0.00350. The van der Waals surface area contributed by atoms with E-state index in [-0.39, 0.29) is 17.9 Å². The van der Waals surface area contributed by atoms with Crippen molar-refractivity contribution in [3.63, 3.8) is 0 Å². The summed E-state index contributed by atoms with van der Waals surface area (Å²) in [6.07, 6.45) is 5.17. The lowest BCUT2D eigenvalue weighted by atomic mass is 10.1. The van der Waals surface area contributed by atoms with Gasteiger partial charge in [0.15, 0.2) is 5.82 Å². The van der Waals surface area contributed by atoms with Crippen LogP contribution in [0.5, 0.6) is 0 Å². The van der Waals surface area contributed by atoms with Gasteiger partial charge in [0.05, 0.1) is 17.4 Å². The highest BCUT2D eigenvalue weighted by molar-refractivity contribution is 5.94. The number of aromatic nitrogens is 4. The maximum atomic E-state index is 13.4. The lowest BCUT2D eigenvalue weighted by Crippen LogP contribution is -2.36. The molecule has 0 spiro atoms. The van der Waals surface area contributed by atoms with Gasteiger partial charge in [-0.15, -0.1) is 0 Å². The lowest BCUT2D eigenvalue weighted by molar-refractivity contribution is -0.129. The monoisotopic (exact) mass is 396 g/mol. The molecule has 0 aliphatic carbocycles. The lowest BCUT2D eigenvalue weighted by Gasteiger charge is -2.28. The molecule has 2 aromatic rings. The maximum absolute atomic E-state index is 13.4. The fourth-order valence-electron chi connectivity index (χ4n) is 4.50. The molecule has 2 aliphatic rings. The summed E-state index contributed by atoms with van der Waals surface area (Å²) in [5.41, 5.74) is 4.58. The van der Waals surface area contributed by atoms with Crippen LogP contribution in [0.1, 0.15) is 71.6 Å². The third-order valence-electron chi connectivity index (χ3n) is 6.13. The molecule has 0 radical (unpaired) electrons. The number of hydrogen-bond acceptors (Lipinski definition) is 5. The summed E-state index contributed by atoms with van der Waals surface area (Å²) < 4.78 is 1.70. The molecule has 8 nitrogen and oxygen atoms in total. The van der Waals surface area contributed by atoms with Gasteiger partial charge in [-0.25, -0.2) is 9.97 Å². The fraction of sp³-hybridized carbons (Fsp3) is 0.571. The summed E-state index contributed by atoms with van der Waals surface area (Å²) in [5.74, 6) is 0.787. The van der Waals surface area contributed by atoms with Crippen molar-refractivity contribution in [1.29, 1.82) is 0 Å². The normalized spacial score (nSPS) is 18.8. The summed E-state index contributed by atoms with van der Waals surface area (Å²) >= 11 is 0. The summed E-state index contributed by atoms with van der Waals surface area (Å²) in [6.45, 7) is 7.56. The second kappa shape index (κ2) is 7.57. The second-order valence-electron chi connectivity index (χ2n) is 7.94. The number of nitrogens with zero attached hydrogens (tertiary/aromatic N) is 6. The second-order valence-corrected chi connectivity index (χ2v) is 7.94. The molecule has 0 aromatic carbocycles. The third-order valence-corrected chi connectivity index (χ3v) is 6.13. The molecule has 2 amide bonds. The summed E-state index contributed by atoms with van der Waals surface area (Å²) in [4.78, 5) is 38.1. The van der Waals surface area contributed by atoms with Gasteiger partial charge in [-0.05, 0) is 26.2 Å². The molecule has 29 heavy (non-hydrogen) atoms. The Labute approximate surface area is 170 Å². The molecule has 4 heterocycles. The van der Waals surface area contributed by atoms with E-state index in [0.29, 0.717) is 31.2 Å². The quantitative estimate of drug-likeness (QED) is 0.792. The van der Waals surface area contributed by atoms with Gasteiger partial charge < -0.3 is 9.80 Å².